The molecule has 76 valence electrons. The van der Waals surface area contributed by atoms with Crippen LogP contribution >= 0.6 is 0 Å². The van der Waals surface area contributed by atoms with Gasteiger partial charge in [0, 0.05) is 0 Å². The van der Waals surface area contributed by atoms with Gasteiger partial charge in [-0.25, -0.2) is 0 Å². The van der Waals surface area contributed by atoms with E-state index in [2.05, 4.69) is 61.2 Å². The molecule has 0 nitrogen and oxygen atoms in total. The first-order chi connectivity index (χ1) is 7.86. The monoisotopic (exact) mass is 204 g/mol. The van der Waals surface area contributed by atoms with Gasteiger partial charge < -0.3 is 0 Å². The molecule has 1 aliphatic carbocycles. The Morgan fingerprint density at radius 3 is 2.06 bits per heavy atom. The van der Waals surface area contributed by atoms with Crippen LogP contribution in [-0.2, 0) is 0 Å². The van der Waals surface area contributed by atoms with Crippen LogP contribution in [0.25, 0.3) is 11.1 Å². The molecule has 16 heavy (non-hydrogen) atoms. The summed E-state index contributed by atoms with van der Waals surface area (Å²) in [4.78, 5) is 0. The lowest BCUT2D eigenvalue weighted by atomic mass is 9.99. The van der Waals surface area contributed by atoms with Gasteiger partial charge in [0.1, 0.15) is 0 Å². The Morgan fingerprint density at radius 2 is 1.31 bits per heavy atom. The minimum absolute atomic E-state index is 1.11. The van der Waals surface area contributed by atoms with Crippen molar-refractivity contribution in [2.75, 3.05) is 0 Å². The summed E-state index contributed by atoms with van der Waals surface area (Å²) in [5.74, 6) is 0. The quantitative estimate of drug-likeness (QED) is 0.654. The molecule has 0 fully saturated rings. The molecule has 0 saturated carbocycles. The first kappa shape index (κ1) is 9.17. The van der Waals surface area contributed by atoms with E-state index in [0.717, 1.165) is 5.57 Å². The Balaban J connectivity index is 2.19. The fourth-order valence-electron chi connectivity index (χ4n) is 2.18. The smallest absolute Gasteiger partial charge is 0.00992 e. The van der Waals surface area contributed by atoms with Crippen molar-refractivity contribution in [3.8, 4) is 0 Å². The number of benzene rings is 2. The van der Waals surface area contributed by atoms with E-state index >= 15 is 0 Å². The van der Waals surface area contributed by atoms with E-state index in [1.54, 1.807) is 0 Å². The molecule has 2 aromatic rings. The van der Waals surface area contributed by atoms with Crippen LogP contribution in [0.15, 0.2) is 67.3 Å². The van der Waals surface area contributed by atoms with Gasteiger partial charge in [-0.1, -0.05) is 61.2 Å². The zero-order chi connectivity index (χ0) is 11.0. The van der Waals surface area contributed by atoms with E-state index in [1.807, 2.05) is 6.07 Å². The van der Waals surface area contributed by atoms with Crippen molar-refractivity contribution in [2.45, 2.75) is 0 Å². The third kappa shape index (κ3) is 1.31. The Bertz CT molecular complexity index is 574. The van der Waals surface area contributed by atoms with Gasteiger partial charge in [-0.05, 0) is 33.9 Å². The molecular weight excluding hydrogens is 192 g/mol. The maximum Gasteiger partial charge on any atom is -0.00992 e. The third-order valence-corrected chi connectivity index (χ3v) is 2.97. The lowest BCUT2D eigenvalue weighted by Gasteiger charge is -2.04. The maximum atomic E-state index is 4.09. The molecule has 0 N–H and O–H groups in total. The molecule has 0 heteroatoms. The number of hydrogen-bond acceptors (Lipinski definition) is 0. The zero-order valence-corrected chi connectivity index (χ0v) is 8.98. The summed E-state index contributed by atoms with van der Waals surface area (Å²) in [6, 6.07) is 18.9. The minimum Gasteiger partial charge on any atom is -0.0911 e. The Morgan fingerprint density at radius 1 is 0.688 bits per heavy atom. The summed E-state index contributed by atoms with van der Waals surface area (Å²) in [7, 11) is 0. The fraction of sp³-hybridized carbons (Fsp3) is 0. The maximum absolute atomic E-state index is 4.09. The van der Waals surface area contributed by atoms with E-state index in [1.165, 1.54) is 22.3 Å². The lowest BCUT2D eigenvalue weighted by Crippen LogP contribution is -1.85. The molecule has 0 unspecified atom stereocenters. The molecule has 0 spiro atoms. The average Bonchev–Trinajstić information content (AvgIpc) is 2.69. The van der Waals surface area contributed by atoms with Gasteiger partial charge in [-0.2, -0.15) is 0 Å². The highest BCUT2D eigenvalue weighted by Crippen LogP contribution is 2.37. The summed E-state index contributed by atoms with van der Waals surface area (Å²) in [5, 5.41) is 0. The van der Waals surface area contributed by atoms with Crippen LogP contribution in [0.2, 0.25) is 0 Å². The minimum atomic E-state index is 1.11. The average molecular weight is 204 g/mol. The van der Waals surface area contributed by atoms with Gasteiger partial charge in [0.15, 0.2) is 0 Å². The number of rotatable bonds is 1. The molecular formula is C16H12. The zero-order valence-electron chi connectivity index (χ0n) is 8.98. The highest BCUT2D eigenvalue weighted by molar-refractivity contribution is 6.00. The Kier molecular flexibility index (Phi) is 2.00. The third-order valence-electron chi connectivity index (χ3n) is 2.97. The largest absolute Gasteiger partial charge is 0.0911 e. The van der Waals surface area contributed by atoms with Gasteiger partial charge >= 0.3 is 0 Å². The molecule has 0 radical (unpaired) electrons. The topological polar surface area (TPSA) is 0 Å². The summed E-state index contributed by atoms with van der Waals surface area (Å²) in [6.45, 7) is 4.09. The van der Waals surface area contributed by atoms with Crippen LogP contribution in [0.1, 0.15) is 16.7 Å². The van der Waals surface area contributed by atoms with Crippen LogP contribution in [0.4, 0.5) is 0 Å². The Hall–Kier alpha value is -2.08. The van der Waals surface area contributed by atoms with Crippen molar-refractivity contribution < 1.29 is 0 Å². The van der Waals surface area contributed by atoms with E-state index < -0.39 is 0 Å². The summed E-state index contributed by atoms with van der Waals surface area (Å²) in [5.41, 5.74) is 6.18. The molecule has 0 atom stereocenters. The summed E-state index contributed by atoms with van der Waals surface area (Å²) < 4.78 is 0. The first-order valence-corrected chi connectivity index (χ1v) is 5.42. The second kappa shape index (κ2) is 3.49. The highest BCUT2D eigenvalue weighted by atomic mass is 14.2. The molecule has 0 heterocycles. The number of hydrogen-bond donors (Lipinski definition) is 0. The SMILES string of the molecule is C=C1C=C(c2ccccc2)c2ccccc21. The molecule has 0 amide bonds. The first-order valence-electron chi connectivity index (χ1n) is 5.42. The fourth-order valence-corrected chi connectivity index (χ4v) is 2.18. The van der Waals surface area contributed by atoms with E-state index in [4.69, 9.17) is 0 Å². The second-order valence-corrected chi connectivity index (χ2v) is 3.99. The van der Waals surface area contributed by atoms with E-state index in [9.17, 15) is 0 Å². The van der Waals surface area contributed by atoms with E-state index in [-0.39, 0.29) is 0 Å². The standard InChI is InChI=1S/C16H12/c1-12-11-16(13-7-3-2-4-8-13)15-10-6-5-9-14(12)15/h2-11H,1H2. The predicted octanol–water partition coefficient (Wildman–Crippen LogP) is 4.15. The van der Waals surface area contributed by atoms with Crippen molar-refractivity contribution in [3.63, 3.8) is 0 Å². The van der Waals surface area contributed by atoms with Crippen LogP contribution < -0.4 is 0 Å². The van der Waals surface area contributed by atoms with Gasteiger partial charge in [-0.3, -0.25) is 0 Å². The van der Waals surface area contributed by atoms with Crippen LogP contribution in [-0.4, -0.2) is 0 Å². The Labute approximate surface area is 95.6 Å². The molecule has 2 aromatic carbocycles. The van der Waals surface area contributed by atoms with Crippen LogP contribution in [0, 0.1) is 0 Å². The van der Waals surface area contributed by atoms with Crippen molar-refractivity contribution in [2.24, 2.45) is 0 Å². The van der Waals surface area contributed by atoms with Crippen LogP contribution in [0.3, 0.4) is 0 Å². The summed E-state index contributed by atoms with van der Waals surface area (Å²) >= 11 is 0. The predicted molar refractivity (Wildman–Crippen MR) is 69.0 cm³/mol. The highest BCUT2D eigenvalue weighted by Gasteiger charge is 2.16. The summed E-state index contributed by atoms with van der Waals surface area (Å²) in [6.07, 6.45) is 2.17. The molecule has 0 saturated heterocycles. The van der Waals surface area contributed by atoms with E-state index in [0.29, 0.717) is 0 Å². The second-order valence-electron chi connectivity index (χ2n) is 3.99. The van der Waals surface area contributed by atoms with Crippen molar-refractivity contribution in [1.29, 1.82) is 0 Å². The molecule has 0 aliphatic heterocycles. The van der Waals surface area contributed by atoms with Gasteiger partial charge in [0.25, 0.3) is 0 Å². The normalized spacial score (nSPS) is 13.5. The van der Waals surface area contributed by atoms with Crippen molar-refractivity contribution >= 4 is 11.1 Å². The molecule has 0 aromatic heterocycles. The molecule has 1 aliphatic rings. The van der Waals surface area contributed by atoms with Gasteiger partial charge in [0.2, 0.25) is 0 Å². The van der Waals surface area contributed by atoms with Crippen molar-refractivity contribution in [1.82, 2.24) is 0 Å². The molecule has 0 bridgehead atoms. The lowest BCUT2D eigenvalue weighted by molar-refractivity contribution is 1.55. The molecule has 3 rings (SSSR count). The van der Waals surface area contributed by atoms with Crippen molar-refractivity contribution in [3.05, 3.63) is 83.9 Å². The number of fused-ring (bicyclic) bond motifs is 1. The number of allylic oxidation sites excluding steroid dienone is 2. The van der Waals surface area contributed by atoms with Crippen LogP contribution in [0.5, 0.6) is 0 Å². The van der Waals surface area contributed by atoms with Gasteiger partial charge in [0.05, 0.1) is 0 Å². The van der Waals surface area contributed by atoms with Gasteiger partial charge in [-0.15, -0.1) is 0 Å².